The lowest BCUT2D eigenvalue weighted by atomic mass is 9.85. The second-order valence-electron chi connectivity index (χ2n) is 4.62. The van der Waals surface area contributed by atoms with Gasteiger partial charge in [0.1, 0.15) is 0 Å². The van der Waals surface area contributed by atoms with Crippen LogP contribution in [0.5, 0.6) is 0 Å². The van der Waals surface area contributed by atoms with Gasteiger partial charge in [-0.15, -0.1) is 0 Å². The van der Waals surface area contributed by atoms with Crippen LogP contribution in [0.2, 0.25) is 0 Å². The van der Waals surface area contributed by atoms with Gasteiger partial charge in [-0.2, -0.15) is 0 Å². The van der Waals surface area contributed by atoms with E-state index in [1.165, 1.54) is 32.1 Å². The summed E-state index contributed by atoms with van der Waals surface area (Å²) >= 11 is 5.33. The number of thiocarbonyl (C=S) groups is 1. The van der Waals surface area contributed by atoms with Crippen LogP contribution < -0.4 is 0 Å². The van der Waals surface area contributed by atoms with Crippen molar-refractivity contribution >= 4 is 17.2 Å². The van der Waals surface area contributed by atoms with Gasteiger partial charge in [0.15, 0.2) is 0 Å². The highest BCUT2D eigenvalue weighted by Gasteiger charge is 2.39. The number of likely N-dealkylation sites (tertiary alicyclic amines) is 1. The maximum Gasteiger partial charge on any atom is 0.0752 e. The fourth-order valence-corrected chi connectivity index (χ4v) is 3.57. The van der Waals surface area contributed by atoms with Crippen molar-refractivity contribution in [3.63, 3.8) is 0 Å². The van der Waals surface area contributed by atoms with Crippen LogP contribution >= 0.6 is 12.2 Å². The molecule has 74 valence electrons. The van der Waals surface area contributed by atoms with Crippen LogP contribution in [0.3, 0.4) is 0 Å². The normalized spacial score (nSPS) is 38.9. The van der Waals surface area contributed by atoms with Gasteiger partial charge >= 0.3 is 0 Å². The Kier molecular flexibility index (Phi) is 2.59. The Labute approximate surface area is 86.5 Å². The molecule has 0 aromatic heterocycles. The highest BCUT2D eigenvalue weighted by molar-refractivity contribution is 7.80. The van der Waals surface area contributed by atoms with Gasteiger partial charge in [0.25, 0.3) is 0 Å². The van der Waals surface area contributed by atoms with E-state index in [2.05, 4.69) is 18.7 Å². The molecule has 2 rings (SSSR count). The lowest BCUT2D eigenvalue weighted by Gasteiger charge is -2.34. The molecule has 3 unspecified atom stereocenters. The van der Waals surface area contributed by atoms with Crippen molar-refractivity contribution in [2.24, 2.45) is 5.92 Å². The second kappa shape index (κ2) is 3.56. The maximum absolute atomic E-state index is 5.33. The van der Waals surface area contributed by atoms with E-state index in [4.69, 9.17) is 12.2 Å². The molecule has 0 bridgehead atoms. The largest absolute Gasteiger partial charge is 0.360 e. The zero-order valence-corrected chi connectivity index (χ0v) is 9.44. The zero-order valence-electron chi connectivity index (χ0n) is 8.62. The van der Waals surface area contributed by atoms with E-state index < -0.39 is 0 Å². The maximum atomic E-state index is 5.33. The predicted molar refractivity (Wildman–Crippen MR) is 59.9 cm³/mol. The Morgan fingerprint density at radius 2 is 2.00 bits per heavy atom. The molecule has 1 aliphatic heterocycles. The van der Waals surface area contributed by atoms with Gasteiger partial charge in [-0.1, -0.05) is 25.1 Å². The Hall–Kier alpha value is -0.110. The summed E-state index contributed by atoms with van der Waals surface area (Å²) < 4.78 is 0. The first-order valence-corrected chi connectivity index (χ1v) is 5.90. The van der Waals surface area contributed by atoms with Crippen molar-refractivity contribution < 1.29 is 0 Å². The smallest absolute Gasteiger partial charge is 0.0752 e. The third-order valence-corrected chi connectivity index (χ3v) is 3.92. The summed E-state index contributed by atoms with van der Waals surface area (Å²) in [7, 11) is 0. The lowest BCUT2D eigenvalue weighted by molar-refractivity contribution is 0.242. The fourth-order valence-electron chi connectivity index (χ4n) is 3.25. The van der Waals surface area contributed by atoms with Crippen molar-refractivity contribution in [2.75, 3.05) is 0 Å². The second-order valence-corrected chi connectivity index (χ2v) is 5.21. The van der Waals surface area contributed by atoms with Crippen molar-refractivity contribution in [3.8, 4) is 0 Å². The molecule has 2 heteroatoms. The summed E-state index contributed by atoms with van der Waals surface area (Å²) in [5, 5.41) is 0. The summed E-state index contributed by atoms with van der Waals surface area (Å²) in [6, 6.07) is 1.49. The topological polar surface area (TPSA) is 3.24 Å². The molecule has 3 atom stereocenters. The molecular weight excluding hydrogens is 178 g/mol. The van der Waals surface area contributed by atoms with Gasteiger partial charge in [-0.3, -0.25) is 0 Å². The number of fused-ring (bicyclic) bond motifs is 1. The van der Waals surface area contributed by atoms with Crippen LogP contribution in [0.25, 0.3) is 0 Å². The van der Waals surface area contributed by atoms with Crippen LogP contribution in [-0.2, 0) is 0 Å². The molecule has 13 heavy (non-hydrogen) atoms. The Bertz CT molecular complexity index is 214. The number of nitrogens with zero attached hydrogens (tertiary/aromatic N) is 1. The molecule has 1 aliphatic carbocycles. The van der Waals surface area contributed by atoms with Crippen LogP contribution in [0, 0.1) is 5.92 Å². The first-order chi connectivity index (χ1) is 6.20. The van der Waals surface area contributed by atoms with Gasteiger partial charge in [-0.25, -0.2) is 0 Å². The molecule has 0 aromatic rings. The van der Waals surface area contributed by atoms with E-state index in [0.29, 0.717) is 6.04 Å². The molecule has 1 heterocycles. The van der Waals surface area contributed by atoms with Crippen molar-refractivity contribution in [1.82, 2.24) is 4.90 Å². The molecule has 0 spiro atoms. The molecule has 1 saturated heterocycles. The molecule has 0 aromatic carbocycles. The predicted octanol–water partition coefficient (Wildman–Crippen LogP) is 2.99. The van der Waals surface area contributed by atoms with Crippen molar-refractivity contribution in [1.29, 1.82) is 0 Å². The first-order valence-electron chi connectivity index (χ1n) is 5.49. The fraction of sp³-hybridized carbons (Fsp3) is 0.909. The van der Waals surface area contributed by atoms with Crippen molar-refractivity contribution in [3.05, 3.63) is 0 Å². The summed E-state index contributed by atoms with van der Waals surface area (Å²) in [5.41, 5.74) is 0. The quantitative estimate of drug-likeness (QED) is 0.549. The molecule has 0 radical (unpaired) electrons. The van der Waals surface area contributed by atoms with Crippen LogP contribution in [-0.4, -0.2) is 22.0 Å². The van der Waals surface area contributed by atoms with Crippen LogP contribution in [0.1, 0.15) is 46.0 Å². The molecule has 0 amide bonds. The molecule has 2 fully saturated rings. The summed E-state index contributed by atoms with van der Waals surface area (Å²) in [4.78, 5) is 3.61. The summed E-state index contributed by atoms with van der Waals surface area (Å²) in [6.07, 6.45) is 7.04. The van der Waals surface area contributed by atoms with Crippen LogP contribution in [0.4, 0.5) is 0 Å². The number of hydrogen-bond acceptors (Lipinski definition) is 1. The third kappa shape index (κ3) is 1.61. The van der Waals surface area contributed by atoms with E-state index in [0.717, 1.165) is 16.9 Å². The molecule has 2 aliphatic rings. The third-order valence-electron chi connectivity index (χ3n) is 3.71. The Morgan fingerprint density at radius 1 is 1.31 bits per heavy atom. The lowest BCUT2D eigenvalue weighted by Crippen LogP contribution is -2.40. The highest BCUT2D eigenvalue weighted by Crippen LogP contribution is 2.39. The SMILES string of the molecule is CC(=S)N1C(C)CC2CCCCC21. The standard InChI is InChI=1S/C11H19NS/c1-8-7-10-5-3-4-6-11(10)12(8)9(2)13/h8,10-11H,3-7H2,1-2H3. The minimum atomic E-state index is 0.700. The van der Waals surface area contributed by atoms with E-state index in [1.54, 1.807) is 0 Å². The van der Waals surface area contributed by atoms with E-state index >= 15 is 0 Å². The number of hydrogen-bond donors (Lipinski definition) is 0. The molecule has 1 nitrogen and oxygen atoms in total. The Balaban J connectivity index is 2.13. The number of rotatable bonds is 0. The molecule has 1 saturated carbocycles. The summed E-state index contributed by atoms with van der Waals surface area (Å²) in [5.74, 6) is 0.946. The van der Waals surface area contributed by atoms with E-state index in [9.17, 15) is 0 Å². The summed E-state index contributed by atoms with van der Waals surface area (Å²) in [6.45, 7) is 4.41. The Morgan fingerprint density at radius 3 is 2.69 bits per heavy atom. The average molecular weight is 197 g/mol. The van der Waals surface area contributed by atoms with E-state index in [1.807, 2.05) is 0 Å². The minimum Gasteiger partial charge on any atom is -0.360 e. The van der Waals surface area contributed by atoms with Gasteiger partial charge in [-0.05, 0) is 39.0 Å². The van der Waals surface area contributed by atoms with Gasteiger partial charge in [0.05, 0.1) is 4.99 Å². The average Bonchev–Trinajstić information content (AvgIpc) is 2.39. The first kappa shape index (κ1) is 9.45. The van der Waals surface area contributed by atoms with Gasteiger partial charge in [0.2, 0.25) is 0 Å². The highest BCUT2D eigenvalue weighted by atomic mass is 32.1. The van der Waals surface area contributed by atoms with Crippen LogP contribution in [0.15, 0.2) is 0 Å². The van der Waals surface area contributed by atoms with E-state index in [-0.39, 0.29) is 0 Å². The van der Waals surface area contributed by atoms with Crippen molar-refractivity contribution in [2.45, 2.75) is 58.0 Å². The minimum absolute atomic E-state index is 0.700. The molecule has 0 N–H and O–H groups in total. The van der Waals surface area contributed by atoms with Gasteiger partial charge in [0, 0.05) is 12.1 Å². The monoisotopic (exact) mass is 197 g/mol. The zero-order chi connectivity index (χ0) is 9.42. The molecular formula is C11H19NS. The van der Waals surface area contributed by atoms with Gasteiger partial charge < -0.3 is 4.90 Å².